The molecule has 4 heteroatoms. The summed E-state index contributed by atoms with van der Waals surface area (Å²) in [6.45, 7) is 6.82. The van der Waals surface area contributed by atoms with E-state index < -0.39 is 0 Å². The van der Waals surface area contributed by atoms with Gasteiger partial charge in [0, 0.05) is 33.0 Å². The average Bonchev–Trinajstić information content (AvgIpc) is 2.50. The highest BCUT2D eigenvalue weighted by atomic mass is 16.5. The summed E-state index contributed by atoms with van der Waals surface area (Å²) >= 11 is 0. The molecule has 2 fully saturated rings. The lowest BCUT2D eigenvalue weighted by molar-refractivity contribution is -0.159. The number of rotatable bonds is 5. The molecule has 1 spiro atoms. The van der Waals surface area contributed by atoms with E-state index in [-0.39, 0.29) is 17.2 Å². The van der Waals surface area contributed by atoms with Crippen molar-refractivity contribution < 1.29 is 14.2 Å². The quantitative estimate of drug-likeness (QED) is 0.843. The Balaban J connectivity index is 2.07. The normalized spacial score (nSPS) is 28.5. The molecule has 2 heterocycles. The van der Waals surface area contributed by atoms with Crippen LogP contribution in [0.15, 0.2) is 0 Å². The van der Waals surface area contributed by atoms with Crippen LogP contribution in [0.2, 0.25) is 0 Å². The SMILES string of the molecule is CCC(CC)(OC)C(N)C1CCOC2(CCOCC2)C1. The molecule has 20 heavy (non-hydrogen) atoms. The van der Waals surface area contributed by atoms with Crippen molar-refractivity contribution in [3.05, 3.63) is 0 Å². The first-order valence-corrected chi connectivity index (χ1v) is 8.14. The molecule has 2 saturated heterocycles. The molecule has 2 rings (SSSR count). The van der Waals surface area contributed by atoms with Crippen LogP contribution in [-0.2, 0) is 14.2 Å². The summed E-state index contributed by atoms with van der Waals surface area (Å²) in [5.41, 5.74) is 6.46. The first-order chi connectivity index (χ1) is 9.61. The van der Waals surface area contributed by atoms with Gasteiger partial charge in [-0.05, 0) is 44.4 Å². The Bertz CT molecular complexity index is 284. The van der Waals surface area contributed by atoms with E-state index in [0.717, 1.165) is 58.3 Å². The zero-order valence-electron chi connectivity index (χ0n) is 13.3. The van der Waals surface area contributed by atoms with E-state index >= 15 is 0 Å². The minimum absolute atomic E-state index is 0.0136. The van der Waals surface area contributed by atoms with Crippen molar-refractivity contribution in [3.63, 3.8) is 0 Å². The third kappa shape index (κ3) is 3.03. The minimum atomic E-state index is -0.186. The van der Waals surface area contributed by atoms with Gasteiger partial charge >= 0.3 is 0 Å². The van der Waals surface area contributed by atoms with E-state index in [4.69, 9.17) is 19.9 Å². The molecule has 118 valence electrons. The van der Waals surface area contributed by atoms with Gasteiger partial charge in [0.25, 0.3) is 0 Å². The Kier molecular flexibility index (Phi) is 5.46. The molecule has 0 aromatic carbocycles. The predicted molar refractivity (Wildman–Crippen MR) is 79.8 cm³/mol. The standard InChI is InChI=1S/C16H31NO3/c1-4-16(5-2,18-3)14(17)13-6-9-20-15(12-13)7-10-19-11-8-15/h13-14H,4-12,17H2,1-3H3. The molecule has 0 aromatic heterocycles. The van der Waals surface area contributed by atoms with Crippen LogP contribution >= 0.6 is 0 Å². The van der Waals surface area contributed by atoms with Crippen molar-refractivity contribution in [2.24, 2.45) is 11.7 Å². The van der Waals surface area contributed by atoms with Gasteiger partial charge in [-0.15, -0.1) is 0 Å². The molecule has 2 atom stereocenters. The predicted octanol–water partition coefficient (Wildman–Crippen LogP) is 2.49. The Hall–Kier alpha value is -0.160. The van der Waals surface area contributed by atoms with Gasteiger partial charge < -0.3 is 19.9 Å². The second kappa shape index (κ2) is 6.73. The molecule has 2 N–H and O–H groups in total. The minimum Gasteiger partial charge on any atom is -0.381 e. The van der Waals surface area contributed by atoms with E-state index in [1.807, 2.05) is 0 Å². The summed E-state index contributed by atoms with van der Waals surface area (Å²) in [6, 6.07) is 0.0890. The van der Waals surface area contributed by atoms with Crippen molar-refractivity contribution >= 4 is 0 Å². The van der Waals surface area contributed by atoms with Crippen molar-refractivity contribution in [2.45, 2.75) is 69.6 Å². The fourth-order valence-electron chi connectivity index (χ4n) is 4.04. The van der Waals surface area contributed by atoms with Crippen LogP contribution in [0.3, 0.4) is 0 Å². The van der Waals surface area contributed by atoms with Gasteiger partial charge in [0.1, 0.15) is 0 Å². The van der Waals surface area contributed by atoms with Gasteiger partial charge in [0.05, 0.1) is 11.2 Å². The summed E-state index contributed by atoms with van der Waals surface area (Å²) < 4.78 is 17.4. The van der Waals surface area contributed by atoms with Crippen molar-refractivity contribution in [2.75, 3.05) is 26.9 Å². The van der Waals surface area contributed by atoms with Crippen molar-refractivity contribution in [1.82, 2.24) is 0 Å². The Morgan fingerprint density at radius 3 is 2.45 bits per heavy atom. The molecular formula is C16H31NO3. The highest BCUT2D eigenvalue weighted by molar-refractivity contribution is 4.99. The number of nitrogens with two attached hydrogens (primary N) is 1. The average molecular weight is 285 g/mol. The van der Waals surface area contributed by atoms with Gasteiger partial charge in [-0.1, -0.05) is 13.8 Å². The van der Waals surface area contributed by atoms with Gasteiger partial charge in [0.2, 0.25) is 0 Å². The van der Waals surface area contributed by atoms with E-state index in [1.54, 1.807) is 7.11 Å². The molecule has 0 aliphatic carbocycles. The Morgan fingerprint density at radius 1 is 1.25 bits per heavy atom. The van der Waals surface area contributed by atoms with Crippen LogP contribution < -0.4 is 5.73 Å². The molecule has 0 bridgehead atoms. The summed E-state index contributed by atoms with van der Waals surface area (Å²) in [4.78, 5) is 0. The fourth-order valence-corrected chi connectivity index (χ4v) is 4.04. The Labute approximate surface area is 123 Å². The lowest BCUT2D eigenvalue weighted by Crippen LogP contribution is -2.57. The molecule has 0 saturated carbocycles. The summed E-state index contributed by atoms with van der Waals surface area (Å²) in [7, 11) is 1.80. The maximum absolute atomic E-state index is 6.64. The maximum Gasteiger partial charge on any atom is 0.0826 e. The smallest absolute Gasteiger partial charge is 0.0826 e. The summed E-state index contributed by atoms with van der Waals surface area (Å²) in [6.07, 6.45) is 6.06. The first-order valence-electron chi connectivity index (χ1n) is 8.14. The zero-order chi connectivity index (χ0) is 14.6. The van der Waals surface area contributed by atoms with Crippen LogP contribution in [0, 0.1) is 5.92 Å². The molecule has 4 nitrogen and oxygen atoms in total. The number of methoxy groups -OCH3 is 1. The molecule has 2 aliphatic heterocycles. The topological polar surface area (TPSA) is 53.7 Å². The van der Waals surface area contributed by atoms with Crippen LogP contribution in [0.4, 0.5) is 0 Å². The van der Waals surface area contributed by atoms with Crippen LogP contribution in [0.1, 0.15) is 52.4 Å². The number of hydrogen-bond acceptors (Lipinski definition) is 4. The van der Waals surface area contributed by atoms with Gasteiger partial charge in [-0.2, -0.15) is 0 Å². The lowest BCUT2D eigenvalue weighted by Gasteiger charge is -2.48. The van der Waals surface area contributed by atoms with Crippen molar-refractivity contribution in [1.29, 1.82) is 0 Å². The third-order valence-corrected chi connectivity index (χ3v) is 5.65. The molecule has 0 amide bonds. The molecule has 2 aliphatic rings. The molecule has 0 aromatic rings. The number of ether oxygens (including phenoxy) is 3. The van der Waals surface area contributed by atoms with Crippen LogP contribution in [0.25, 0.3) is 0 Å². The molecular weight excluding hydrogens is 254 g/mol. The molecule has 2 unspecified atom stereocenters. The summed E-state index contributed by atoms with van der Waals surface area (Å²) in [5.74, 6) is 0.488. The largest absolute Gasteiger partial charge is 0.381 e. The lowest BCUT2D eigenvalue weighted by atomic mass is 9.72. The van der Waals surface area contributed by atoms with E-state index in [1.165, 1.54) is 0 Å². The highest BCUT2D eigenvalue weighted by Gasteiger charge is 2.45. The third-order valence-electron chi connectivity index (χ3n) is 5.65. The second-order valence-electron chi connectivity index (χ2n) is 6.40. The van der Waals surface area contributed by atoms with Gasteiger partial charge in [0.15, 0.2) is 0 Å². The Morgan fingerprint density at radius 2 is 1.90 bits per heavy atom. The van der Waals surface area contributed by atoms with E-state index in [2.05, 4.69) is 13.8 Å². The zero-order valence-corrected chi connectivity index (χ0v) is 13.3. The summed E-state index contributed by atoms with van der Waals surface area (Å²) in [5, 5.41) is 0. The monoisotopic (exact) mass is 285 g/mol. The number of hydrogen-bond donors (Lipinski definition) is 1. The van der Waals surface area contributed by atoms with Gasteiger partial charge in [-0.25, -0.2) is 0 Å². The van der Waals surface area contributed by atoms with Gasteiger partial charge in [-0.3, -0.25) is 0 Å². The highest BCUT2D eigenvalue weighted by Crippen LogP contribution is 2.41. The van der Waals surface area contributed by atoms with Crippen LogP contribution in [0.5, 0.6) is 0 Å². The van der Waals surface area contributed by atoms with E-state index in [9.17, 15) is 0 Å². The second-order valence-corrected chi connectivity index (χ2v) is 6.40. The van der Waals surface area contributed by atoms with Crippen LogP contribution in [-0.4, -0.2) is 44.2 Å². The first kappa shape index (κ1) is 16.2. The van der Waals surface area contributed by atoms with E-state index in [0.29, 0.717) is 5.92 Å². The molecule has 0 radical (unpaired) electrons. The maximum atomic E-state index is 6.64. The van der Waals surface area contributed by atoms with Crippen molar-refractivity contribution in [3.8, 4) is 0 Å². The fraction of sp³-hybridized carbons (Fsp3) is 1.00.